The highest BCUT2D eigenvalue weighted by Crippen LogP contribution is 2.24. The Morgan fingerprint density at radius 1 is 1.43 bits per heavy atom. The van der Waals surface area contributed by atoms with E-state index in [0.717, 1.165) is 18.8 Å². The molecule has 0 aromatic carbocycles. The number of nitrogens with one attached hydrogen (secondary N) is 1. The van der Waals surface area contributed by atoms with Gasteiger partial charge in [0.25, 0.3) is 0 Å². The Balaban J connectivity index is 2.10. The number of rotatable bonds is 2. The van der Waals surface area contributed by atoms with Crippen molar-refractivity contribution in [3.63, 3.8) is 0 Å². The van der Waals surface area contributed by atoms with Crippen LogP contribution in [-0.4, -0.2) is 32.1 Å². The fraction of sp³-hybridized carbons (Fsp3) is 0.600. The molecular formula is C10H14BFN2. The zero-order chi connectivity index (χ0) is 9.97. The van der Waals surface area contributed by atoms with Crippen molar-refractivity contribution in [2.24, 2.45) is 0 Å². The third-order valence-electron chi connectivity index (χ3n) is 2.77. The minimum atomic E-state index is -0.901. The summed E-state index contributed by atoms with van der Waals surface area (Å²) >= 11 is 0. The third-order valence-corrected chi connectivity index (χ3v) is 2.77. The van der Waals surface area contributed by atoms with E-state index in [1.165, 1.54) is 18.9 Å². The van der Waals surface area contributed by atoms with Crippen LogP contribution in [0, 0.1) is 0 Å². The number of alkyl halides is 1. The lowest BCUT2D eigenvalue weighted by atomic mass is 10.1. The van der Waals surface area contributed by atoms with Crippen molar-refractivity contribution in [1.29, 1.82) is 0 Å². The van der Waals surface area contributed by atoms with Crippen molar-refractivity contribution < 1.29 is 4.39 Å². The highest BCUT2D eigenvalue weighted by atomic mass is 19.1. The highest BCUT2D eigenvalue weighted by molar-refractivity contribution is 6.05. The first kappa shape index (κ1) is 9.62. The molecular weight excluding hydrogens is 178 g/mol. The Labute approximate surface area is 85.3 Å². The molecule has 0 aromatic heterocycles. The Kier molecular flexibility index (Phi) is 2.80. The van der Waals surface area contributed by atoms with E-state index in [1.807, 2.05) is 6.08 Å². The fourth-order valence-corrected chi connectivity index (χ4v) is 2.05. The molecule has 14 heavy (non-hydrogen) atoms. The fourth-order valence-electron chi connectivity index (χ4n) is 2.05. The number of likely N-dealkylation sites (tertiary alicyclic amines) is 1. The maximum absolute atomic E-state index is 13.3. The molecule has 0 saturated carbocycles. The topological polar surface area (TPSA) is 15.3 Å². The number of allylic oxidation sites excluding steroid dienone is 3. The summed E-state index contributed by atoms with van der Waals surface area (Å²) in [5.74, 6) is 0. The number of hydrogen-bond donors (Lipinski definition) is 1. The van der Waals surface area contributed by atoms with Gasteiger partial charge in [0.2, 0.25) is 7.98 Å². The van der Waals surface area contributed by atoms with Gasteiger partial charge in [-0.2, -0.15) is 0 Å². The molecule has 2 rings (SSSR count). The average Bonchev–Trinajstić information content (AvgIpc) is 2.69. The van der Waals surface area contributed by atoms with E-state index < -0.39 is 6.17 Å². The van der Waals surface area contributed by atoms with Crippen molar-refractivity contribution >= 4 is 7.98 Å². The monoisotopic (exact) mass is 192 g/mol. The molecule has 0 aromatic rings. The predicted octanol–water partition coefficient (Wildman–Crippen LogP) is 1.26. The summed E-state index contributed by atoms with van der Waals surface area (Å²) in [4.78, 5) is 2.25. The normalized spacial score (nSPS) is 27.2. The zero-order valence-corrected chi connectivity index (χ0v) is 8.17. The smallest absolute Gasteiger partial charge is 0.222 e. The van der Waals surface area contributed by atoms with E-state index in [9.17, 15) is 4.39 Å². The average molecular weight is 192 g/mol. The first-order chi connectivity index (χ1) is 6.79. The molecule has 1 N–H and O–H groups in total. The molecule has 1 aliphatic heterocycles. The summed E-state index contributed by atoms with van der Waals surface area (Å²) in [7, 11) is 5.28. The van der Waals surface area contributed by atoms with Gasteiger partial charge in [-0.3, -0.25) is 0 Å². The van der Waals surface area contributed by atoms with E-state index in [2.05, 4.69) is 10.1 Å². The van der Waals surface area contributed by atoms with Crippen molar-refractivity contribution in [2.45, 2.75) is 25.4 Å². The van der Waals surface area contributed by atoms with Crippen LogP contribution in [0.3, 0.4) is 0 Å². The summed E-state index contributed by atoms with van der Waals surface area (Å²) in [6, 6.07) is 0. The number of nitrogens with zero attached hydrogens (tertiary/aromatic N) is 1. The van der Waals surface area contributed by atoms with Crippen LogP contribution in [0.5, 0.6) is 0 Å². The van der Waals surface area contributed by atoms with E-state index in [-0.39, 0.29) is 0 Å². The van der Waals surface area contributed by atoms with Crippen molar-refractivity contribution in [1.82, 2.24) is 10.1 Å². The Morgan fingerprint density at radius 2 is 2.14 bits per heavy atom. The molecule has 1 heterocycles. The summed E-state index contributed by atoms with van der Waals surface area (Å²) in [6.45, 7) is 2.10. The Hall–Kier alpha value is -0.925. The molecule has 2 aliphatic rings. The van der Waals surface area contributed by atoms with Crippen LogP contribution in [0.4, 0.5) is 4.39 Å². The maximum atomic E-state index is 13.3. The lowest BCUT2D eigenvalue weighted by molar-refractivity contribution is 0.333. The minimum absolute atomic E-state index is 0.491. The Morgan fingerprint density at radius 3 is 2.79 bits per heavy atom. The van der Waals surface area contributed by atoms with E-state index in [0.29, 0.717) is 12.1 Å². The van der Waals surface area contributed by atoms with E-state index in [4.69, 9.17) is 7.98 Å². The zero-order valence-electron chi connectivity index (χ0n) is 8.17. The van der Waals surface area contributed by atoms with Crippen LogP contribution in [0.25, 0.3) is 0 Å². The van der Waals surface area contributed by atoms with Gasteiger partial charge in [0, 0.05) is 30.9 Å². The van der Waals surface area contributed by atoms with E-state index >= 15 is 0 Å². The minimum Gasteiger partial charge on any atom is -0.437 e. The molecule has 0 amide bonds. The van der Waals surface area contributed by atoms with Crippen molar-refractivity contribution in [2.75, 3.05) is 13.1 Å². The van der Waals surface area contributed by atoms with Gasteiger partial charge < -0.3 is 10.1 Å². The quantitative estimate of drug-likeness (QED) is 0.662. The molecule has 1 atom stereocenters. The molecule has 74 valence electrons. The summed E-state index contributed by atoms with van der Waals surface area (Å²) in [5, 5.41) is 2.51. The maximum Gasteiger partial charge on any atom is 0.222 e. The van der Waals surface area contributed by atoms with Crippen LogP contribution in [0.1, 0.15) is 19.3 Å². The van der Waals surface area contributed by atoms with Crippen LogP contribution in [0.2, 0.25) is 0 Å². The van der Waals surface area contributed by atoms with Gasteiger partial charge in [-0.15, -0.1) is 0 Å². The second kappa shape index (κ2) is 4.07. The third kappa shape index (κ3) is 1.94. The molecule has 1 saturated heterocycles. The lowest BCUT2D eigenvalue weighted by Crippen LogP contribution is -2.25. The first-order valence-electron chi connectivity index (χ1n) is 5.07. The predicted molar refractivity (Wildman–Crippen MR) is 55.4 cm³/mol. The van der Waals surface area contributed by atoms with Gasteiger partial charge in [-0.1, -0.05) is 0 Å². The van der Waals surface area contributed by atoms with Crippen LogP contribution in [-0.2, 0) is 0 Å². The largest absolute Gasteiger partial charge is 0.437 e. The molecule has 4 heteroatoms. The van der Waals surface area contributed by atoms with Gasteiger partial charge in [0.1, 0.15) is 6.17 Å². The van der Waals surface area contributed by atoms with Gasteiger partial charge in [0.05, 0.1) is 0 Å². The molecule has 0 bridgehead atoms. The van der Waals surface area contributed by atoms with E-state index in [1.54, 1.807) is 0 Å². The lowest BCUT2D eigenvalue weighted by Gasteiger charge is -2.25. The molecule has 1 unspecified atom stereocenters. The molecule has 0 spiro atoms. The number of hydrogen-bond acceptors (Lipinski definition) is 2. The highest BCUT2D eigenvalue weighted by Gasteiger charge is 2.20. The van der Waals surface area contributed by atoms with Crippen molar-refractivity contribution in [3.05, 3.63) is 23.5 Å². The second-order valence-electron chi connectivity index (χ2n) is 3.82. The van der Waals surface area contributed by atoms with Gasteiger partial charge in [-0.05, 0) is 25.0 Å². The number of halogens is 1. The second-order valence-corrected chi connectivity index (χ2v) is 3.82. The van der Waals surface area contributed by atoms with Crippen LogP contribution in [0.15, 0.2) is 23.5 Å². The molecule has 1 aliphatic carbocycles. The summed E-state index contributed by atoms with van der Waals surface area (Å²) in [6.07, 6.45) is 5.49. The first-order valence-corrected chi connectivity index (χ1v) is 5.07. The standard InChI is InChI=1S/C10H14BFN2/c11-13-9-5-8(12)6-10(7-9)14-3-1-2-4-14/h5,7-8,13H,1-4,6H2. The van der Waals surface area contributed by atoms with Gasteiger partial charge in [0.15, 0.2) is 0 Å². The SMILES string of the molecule is [B]NC1=CC(F)CC(N2CCCC2)=C1. The molecule has 1 fully saturated rings. The van der Waals surface area contributed by atoms with Crippen LogP contribution >= 0.6 is 0 Å². The van der Waals surface area contributed by atoms with Gasteiger partial charge in [-0.25, -0.2) is 4.39 Å². The van der Waals surface area contributed by atoms with Gasteiger partial charge >= 0.3 is 0 Å². The van der Waals surface area contributed by atoms with Crippen LogP contribution < -0.4 is 5.23 Å². The Bertz CT molecular complexity index is 269. The van der Waals surface area contributed by atoms with Crippen molar-refractivity contribution in [3.8, 4) is 0 Å². The molecule has 2 radical (unpaired) electrons. The summed E-state index contributed by atoms with van der Waals surface area (Å²) in [5.41, 5.74) is 1.76. The molecule has 2 nitrogen and oxygen atoms in total. The summed E-state index contributed by atoms with van der Waals surface area (Å²) < 4.78 is 13.3.